The van der Waals surface area contributed by atoms with E-state index < -0.39 is 0 Å². The van der Waals surface area contributed by atoms with Gasteiger partial charge in [0.2, 0.25) is 0 Å². The second kappa shape index (κ2) is 6.24. The molecule has 0 unspecified atom stereocenters. The molecule has 0 spiro atoms. The van der Waals surface area contributed by atoms with E-state index in [0.717, 1.165) is 11.3 Å². The van der Waals surface area contributed by atoms with Gasteiger partial charge in [-0.2, -0.15) is 0 Å². The average Bonchev–Trinajstić information content (AvgIpc) is 2.42. The number of benzene rings is 2. The van der Waals surface area contributed by atoms with Crippen LogP contribution >= 0.6 is 0 Å². The molecule has 0 radical (unpaired) electrons. The van der Waals surface area contributed by atoms with E-state index in [4.69, 9.17) is 0 Å². The van der Waals surface area contributed by atoms with Gasteiger partial charge in [-0.1, -0.05) is 42.0 Å². The van der Waals surface area contributed by atoms with Crippen LogP contribution < -0.4 is 10.6 Å². The number of anilines is 1. The zero-order chi connectivity index (χ0) is 14.5. The molecule has 2 aromatic carbocycles. The lowest BCUT2D eigenvalue weighted by molar-refractivity contribution is 0.249. The van der Waals surface area contributed by atoms with Gasteiger partial charge in [0.25, 0.3) is 0 Å². The minimum absolute atomic E-state index is 0.0291. The van der Waals surface area contributed by atoms with E-state index in [2.05, 4.69) is 42.7 Å². The molecule has 2 N–H and O–H groups in total. The van der Waals surface area contributed by atoms with Gasteiger partial charge >= 0.3 is 6.03 Å². The summed E-state index contributed by atoms with van der Waals surface area (Å²) in [6, 6.07) is 15.5. The van der Waals surface area contributed by atoms with Gasteiger partial charge in [-0.15, -0.1) is 0 Å². The molecular formula is C17H20N2O. The molecule has 0 aliphatic carbocycles. The van der Waals surface area contributed by atoms with Crippen LogP contribution in [0.5, 0.6) is 0 Å². The van der Waals surface area contributed by atoms with Crippen molar-refractivity contribution in [1.82, 2.24) is 5.32 Å². The molecule has 3 heteroatoms. The second-order valence-electron chi connectivity index (χ2n) is 5.05. The van der Waals surface area contributed by atoms with E-state index >= 15 is 0 Å². The Morgan fingerprint density at radius 1 is 1.05 bits per heavy atom. The van der Waals surface area contributed by atoms with Crippen molar-refractivity contribution in [1.29, 1.82) is 0 Å². The highest BCUT2D eigenvalue weighted by Crippen LogP contribution is 2.19. The first kappa shape index (κ1) is 14.1. The summed E-state index contributed by atoms with van der Waals surface area (Å²) in [4.78, 5) is 12.0. The van der Waals surface area contributed by atoms with Gasteiger partial charge in [0.1, 0.15) is 0 Å². The normalized spacial score (nSPS) is 11.8. The quantitative estimate of drug-likeness (QED) is 0.861. The number of hydrogen-bond acceptors (Lipinski definition) is 1. The van der Waals surface area contributed by atoms with Crippen LogP contribution in [0.15, 0.2) is 48.5 Å². The van der Waals surface area contributed by atoms with Crippen molar-refractivity contribution in [2.24, 2.45) is 0 Å². The van der Waals surface area contributed by atoms with Gasteiger partial charge in [-0.05, 0) is 44.0 Å². The predicted molar refractivity (Wildman–Crippen MR) is 82.9 cm³/mol. The third kappa shape index (κ3) is 3.60. The van der Waals surface area contributed by atoms with Crippen molar-refractivity contribution in [2.75, 3.05) is 5.32 Å². The summed E-state index contributed by atoms with van der Waals surface area (Å²) < 4.78 is 0. The minimum Gasteiger partial charge on any atom is -0.331 e. The largest absolute Gasteiger partial charge is 0.331 e. The van der Waals surface area contributed by atoms with Crippen molar-refractivity contribution in [3.8, 4) is 0 Å². The number of carbonyl (C=O) groups excluding carboxylic acids is 1. The number of nitrogens with one attached hydrogen (secondary N) is 2. The van der Waals surface area contributed by atoms with Crippen LogP contribution in [-0.2, 0) is 0 Å². The molecular weight excluding hydrogens is 248 g/mol. The summed E-state index contributed by atoms with van der Waals surface area (Å²) in [5.41, 5.74) is 4.32. The number of rotatable bonds is 3. The van der Waals surface area contributed by atoms with Gasteiger partial charge < -0.3 is 10.6 Å². The van der Waals surface area contributed by atoms with E-state index in [-0.39, 0.29) is 12.1 Å². The standard InChI is InChI=1S/C17H20N2O/c1-12-9-10-13(2)16(11-12)14(3)18-17(20)19-15-7-5-4-6-8-15/h4-11,14H,1-3H3,(H2,18,19,20)/t14-/m1/s1. The molecule has 0 heterocycles. The fourth-order valence-corrected chi connectivity index (χ4v) is 2.19. The Morgan fingerprint density at radius 2 is 1.75 bits per heavy atom. The van der Waals surface area contributed by atoms with Crippen molar-refractivity contribution in [2.45, 2.75) is 26.8 Å². The van der Waals surface area contributed by atoms with E-state index in [1.54, 1.807) is 0 Å². The van der Waals surface area contributed by atoms with E-state index in [0.29, 0.717) is 0 Å². The second-order valence-corrected chi connectivity index (χ2v) is 5.05. The molecule has 0 aliphatic heterocycles. The van der Waals surface area contributed by atoms with Gasteiger partial charge in [-0.3, -0.25) is 0 Å². The first-order valence-electron chi connectivity index (χ1n) is 6.76. The number of hydrogen-bond donors (Lipinski definition) is 2. The topological polar surface area (TPSA) is 41.1 Å². The van der Waals surface area contributed by atoms with Gasteiger partial charge in [0.15, 0.2) is 0 Å². The minimum atomic E-state index is -0.190. The molecule has 2 amide bonds. The highest BCUT2D eigenvalue weighted by Gasteiger charge is 2.11. The summed E-state index contributed by atoms with van der Waals surface area (Å²) in [7, 11) is 0. The molecule has 0 aromatic heterocycles. The molecule has 0 fully saturated rings. The number of aryl methyl sites for hydroxylation is 2. The Bertz CT molecular complexity index is 593. The highest BCUT2D eigenvalue weighted by atomic mass is 16.2. The Kier molecular flexibility index (Phi) is 4.41. The molecule has 0 saturated heterocycles. The molecule has 104 valence electrons. The Morgan fingerprint density at radius 3 is 2.45 bits per heavy atom. The fourth-order valence-electron chi connectivity index (χ4n) is 2.19. The SMILES string of the molecule is Cc1ccc(C)c([C@@H](C)NC(=O)Nc2ccccc2)c1. The first-order valence-corrected chi connectivity index (χ1v) is 6.76. The first-order chi connectivity index (χ1) is 9.56. The molecule has 1 atom stereocenters. The van der Waals surface area contributed by atoms with E-state index in [1.807, 2.05) is 37.3 Å². The highest BCUT2D eigenvalue weighted by molar-refractivity contribution is 5.89. The molecule has 0 aliphatic rings. The summed E-state index contributed by atoms with van der Waals surface area (Å²) in [5.74, 6) is 0. The number of urea groups is 1. The van der Waals surface area contributed by atoms with Crippen molar-refractivity contribution in [3.63, 3.8) is 0 Å². The van der Waals surface area contributed by atoms with Gasteiger partial charge in [0, 0.05) is 5.69 Å². The Balaban J connectivity index is 2.02. The third-order valence-corrected chi connectivity index (χ3v) is 3.28. The Labute approximate surface area is 120 Å². The monoisotopic (exact) mass is 268 g/mol. The summed E-state index contributed by atoms with van der Waals surface area (Å²) >= 11 is 0. The van der Waals surface area contributed by atoms with Crippen LogP contribution in [0.4, 0.5) is 10.5 Å². The summed E-state index contributed by atoms with van der Waals surface area (Å²) in [6.07, 6.45) is 0. The van der Waals surface area contributed by atoms with Crippen LogP contribution in [-0.4, -0.2) is 6.03 Å². The van der Waals surface area contributed by atoms with Crippen molar-refractivity contribution < 1.29 is 4.79 Å². The maximum atomic E-state index is 12.0. The maximum absolute atomic E-state index is 12.0. The van der Waals surface area contributed by atoms with Crippen LogP contribution in [0.25, 0.3) is 0 Å². The number of amides is 2. The molecule has 20 heavy (non-hydrogen) atoms. The van der Waals surface area contributed by atoms with Crippen LogP contribution in [0.2, 0.25) is 0 Å². The van der Waals surface area contributed by atoms with E-state index in [9.17, 15) is 4.79 Å². The molecule has 2 rings (SSSR count). The lowest BCUT2D eigenvalue weighted by atomic mass is 10.0. The lowest BCUT2D eigenvalue weighted by Crippen LogP contribution is -2.31. The van der Waals surface area contributed by atoms with Gasteiger partial charge in [0.05, 0.1) is 6.04 Å². The smallest absolute Gasteiger partial charge is 0.319 e. The van der Waals surface area contributed by atoms with Crippen molar-refractivity contribution >= 4 is 11.7 Å². The van der Waals surface area contributed by atoms with Crippen molar-refractivity contribution in [3.05, 3.63) is 65.2 Å². The molecule has 0 saturated carbocycles. The van der Waals surface area contributed by atoms with Crippen LogP contribution in [0.3, 0.4) is 0 Å². The maximum Gasteiger partial charge on any atom is 0.319 e. The zero-order valence-electron chi connectivity index (χ0n) is 12.1. The Hall–Kier alpha value is -2.29. The molecule has 3 nitrogen and oxygen atoms in total. The fraction of sp³-hybridized carbons (Fsp3) is 0.235. The lowest BCUT2D eigenvalue weighted by Gasteiger charge is -2.17. The molecule has 2 aromatic rings. The molecule has 0 bridgehead atoms. The van der Waals surface area contributed by atoms with Gasteiger partial charge in [-0.25, -0.2) is 4.79 Å². The van der Waals surface area contributed by atoms with E-state index in [1.165, 1.54) is 11.1 Å². The summed E-state index contributed by atoms with van der Waals surface area (Å²) in [5, 5.41) is 5.79. The average molecular weight is 268 g/mol. The number of para-hydroxylation sites is 1. The predicted octanol–water partition coefficient (Wildman–Crippen LogP) is 4.19. The number of carbonyl (C=O) groups is 1. The summed E-state index contributed by atoms with van der Waals surface area (Å²) in [6.45, 7) is 6.11. The van der Waals surface area contributed by atoms with Crippen LogP contribution in [0, 0.1) is 13.8 Å². The zero-order valence-corrected chi connectivity index (χ0v) is 12.1. The van der Waals surface area contributed by atoms with Crippen LogP contribution in [0.1, 0.15) is 29.7 Å². The third-order valence-electron chi connectivity index (χ3n) is 3.28.